The fraction of sp³-hybridized carbons (Fsp3) is 0.778. The molecular formula is C9H16N2O5S. The van der Waals surface area contributed by atoms with Gasteiger partial charge in [0.1, 0.15) is 11.4 Å². The molecule has 1 aliphatic heterocycles. The molecule has 0 bridgehead atoms. The topological polar surface area (TPSA) is 127 Å². The van der Waals surface area contributed by atoms with Gasteiger partial charge in [-0.05, 0) is 12.8 Å². The highest BCUT2D eigenvalue weighted by Gasteiger charge is 2.34. The largest absolute Gasteiger partial charge is 0.381 e. The van der Waals surface area contributed by atoms with Gasteiger partial charge in [-0.25, -0.2) is 8.42 Å². The minimum absolute atomic E-state index is 0.00343. The summed E-state index contributed by atoms with van der Waals surface area (Å²) in [6.07, 6.45) is 0.0252. The number of carbonyl (C=O) groups is 2. The first-order valence-corrected chi connectivity index (χ1v) is 7.03. The van der Waals surface area contributed by atoms with Crippen LogP contribution in [0.2, 0.25) is 0 Å². The first-order chi connectivity index (χ1) is 7.84. The van der Waals surface area contributed by atoms with Crippen LogP contribution < -0.4 is 11.1 Å². The number of primary amides is 1. The third kappa shape index (κ3) is 3.67. The van der Waals surface area contributed by atoms with Crippen molar-refractivity contribution in [2.45, 2.75) is 30.6 Å². The first kappa shape index (κ1) is 13.9. The van der Waals surface area contributed by atoms with Gasteiger partial charge in [0.05, 0.1) is 12.3 Å². The lowest BCUT2D eigenvalue weighted by atomic mass is 10.2. The van der Waals surface area contributed by atoms with Crippen molar-refractivity contribution in [1.82, 2.24) is 5.32 Å². The normalized spacial score (nSPS) is 24.9. The summed E-state index contributed by atoms with van der Waals surface area (Å²) in [5.74, 6) is -1.63. The molecule has 2 atom stereocenters. The maximum atomic E-state index is 11.6. The summed E-state index contributed by atoms with van der Waals surface area (Å²) in [6.45, 7) is -0.361. The monoisotopic (exact) mass is 264 g/mol. The summed E-state index contributed by atoms with van der Waals surface area (Å²) < 4.78 is 23.2. The van der Waals surface area contributed by atoms with Gasteiger partial charge in [-0.1, -0.05) is 6.42 Å². The SMILES string of the molecule is NC(=O)C(O)CNC(=O)C1CCCCS1(=O)=O. The summed E-state index contributed by atoms with van der Waals surface area (Å²) in [7, 11) is -3.40. The maximum absolute atomic E-state index is 11.6. The van der Waals surface area contributed by atoms with Crippen molar-refractivity contribution in [3.05, 3.63) is 0 Å². The van der Waals surface area contributed by atoms with Crippen molar-refractivity contribution in [3.63, 3.8) is 0 Å². The molecule has 17 heavy (non-hydrogen) atoms. The highest BCUT2D eigenvalue weighted by molar-refractivity contribution is 7.92. The lowest BCUT2D eigenvalue weighted by Crippen LogP contribution is -2.47. The van der Waals surface area contributed by atoms with Gasteiger partial charge < -0.3 is 16.2 Å². The Morgan fingerprint density at radius 3 is 2.59 bits per heavy atom. The van der Waals surface area contributed by atoms with Gasteiger partial charge in [0, 0.05) is 0 Å². The number of amides is 2. The third-order valence-corrected chi connectivity index (χ3v) is 4.84. The van der Waals surface area contributed by atoms with Crippen LogP contribution in [0.25, 0.3) is 0 Å². The van der Waals surface area contributed by atoms with Crippen LogP contribution in [0.5, 0.6) is 0 Å². The van der Waals surface area contributed by atoms with E-state index in [-0.39, 0.29) is 18.7 Å². The van der Waals surface area contributed by atoms with Crippen LogP contribution >= 0.6 is 0 Å². The highest BCUT2D eigenvalue weighted by atomic mass is 32.2. The molecule has 0 saturated carbocycles. The molecule has 1 heterocycles. The number of nitrogens with two attached hydrogens (primary N) is 1. The van der Waals surface area contributed by atoms with Gasteiger partial charge in [-0.2, -0.15) is 0 Å². The summed E-state index contributed by atoms with van der Waals surface area (Å²) in [5.41, 5.74) is 4.80. The standard InChI is InChI=1S/C9H16N2O5S/c10-8(13)6(12)5-11-9(14)7-3-1-2-4-17(7,15)16/h6-7,12H,1-5H2,(H2,10,13)(H,11,14). The first-order valence-electron chi connectivity index (χ1n) is 5.31. The lowest BCUT2D eigenvalue weighted by molar-refractivity contribution is -0.127. The van der Waals surface area contributed by atoms with E-state index in [2.05, 4.69) is 5.32 Å². The zero-order valence-corrected chi connectivity index (χ0v) is 10.1. The van der Waals surface area contributed by atoms with Gasteiger partial charge in [-0.3, -0.25) is 9.59 Å². The number of hydrogen-bond donors (Lipinski definition) is 3. The molecule has 0 radical (unpaired) electrons. The van der Waals surface area contributed by atoms with E-state index in [0.29, 0.717) is 12.8 Å². The Bertz CT molecular complexity index is 406. The second-order valence-electron chi connectivity index (χ2n) is 4.01. The Labute approximate surface area is 99.3 Å². The molecule has 1 rings (SSSR count). The molecular weight excluding hydrogens is 248 g/mol. The van der Waals surface area contributed by atoms with Crippen molar-refractivity contribution >= 4 is 21.7 Å². The van der Waals surface area contributed by atoms with E-state index in [9.17, 15) is 18.0 Å². The third-order valence-electron chi connectivity index (χ3n) is 2.67. The minimum Gasteiger partial charge on any atom is -0.381 e. The zero-order chi connectivity index (χ0) is 13.1. The molecule has 1 aliphatic rings. The number of nitrogens with one attached hydrogen (secondary N) is 1. The Kier molecular flexibility index (Phi) is 4.47. The lowest BCUT2D eigenvalue weighted by Gasteiger charge is -2.21. The quantitative estimate of drug-likeness (QED) is 0.537. The molecule has 4 N–H and O–H groups in total. The minimum atomic E-state index is -3.40. The van der Waals surface area contributed by atoms with E-state index in [1.54, 1.807) is 0 Å². The van der Waals surface area contributed by atoms with Crippen molar-refractivity contribution in [2.24, 2.45) is 5.73 Å². The van der Waals surface area contributed by atoms with Crippen molar-refractivity contribution in [2.75, 3.05) is 12.3 Å². The Morgan fingerprint density at radius 1 is 1.41 bits per heavy atom. The van der Waals surface area contributed by atoms with Crippen LogP contribution in [-0.4, -0.2) is 49.0 Å². The van der Waals surface area contributed by atoms with Crippen molar-refractivity contribution < 1.29 is 23.1 Å². The van der Waals surface area contributed by atoms with Gasteiger partial charge in [0.2, 0.25) is 11.8 Å². The van der Waals surface area contributed by atoms with Crippen LogP contribution in [0.15, 0.2) is 0 Å². The van der Waals surface area contributed by atoms with E-state index in [1.807, 2.05) is 0 Å². The number of aliphatic hydroxyl groups excluding tert-OH is 1. The Morgan fingerprint density at radius 2 is 2.06 bits per heavy atom. The summed E-state index contributed by atoms with van der Waals surface area (Å²) >= 11 is 0. The second-order valence-corrected chi connectivity index (χ2v) is 6.32. The molecule has 0 aliphatic carbocycles. The molecule has 1 saturated heterocycles. The predicted octanol–water partition coefficient (Wildman–Crippen LogP) is -2.08. The van der Waals surface area contributed by atoms with E-state index in [0.717, 1.165) is 0 Å². The molecule has 0 aromatic heterocycles. The number of hydrogen-bond acceptors (Lipinski definition) is 5. The molecule has 7 nitrogen and oxygen atoms in total. The molecule has 1 fully saturated rings. The highest BCUT2D eigenvalue weighted by Crippen LogP contribution is 2.19. The van der Waals surface area contributed by atoms with Gasteiger partial charge in [-0.15, -0.1) is 0 Å². The Balaban J connectivity index is 2.55. The van der Waals surface area contributed by atoms with E-state index in [4.69, 9.17) is 10.8 Å². The smallest absolute Gasteiger partial charge is 0.248 e. The fourth-order valence-electron chi connectivity index (χ4n) is 1.66. The van der Waals surface area contributed by atoms with Gasteiger partial charge >= 0.3 is 0 Å². The van der Waals surface area contributed by atoms with Crippen LogP contribution in [0.4, 0.5) is 0 Å². The molecule has 0 aromatic rings. The van der Waals surface area contributed by atoms with Crippen LogP contribution in [0.3, 0.4) is 0 Å². The number of carbonyl (C=O) groups excluding carboxylic acids is 2. The van der Waals surface area contributed by atoms with E-state index >= 15 is 0 Å². The van der Waals surface area contributed by atoms with E-state index in [1.165, 1.54) is 0 Å². The molecule has 2 unspecified atom stereocenters. The van der Waals surface area contributed by atoms with Crippen molar-refractivity contribution in [1.29, 1.82) is 0 Å². The summed E-state index contributed by atoms with van der Waals surface area (Å²) in [4.78, 5) is 22.1. The molecule has 0 spiro atoms. The zero-order valence-electron chi connectivity index (χ0n) is 9.26. The molecule has 98 valence electrons. The van der Waals surface area contributed by atoms with Gasteiger partial charge in [0.25, 0.3) is 0 Å². The van der Waals surface area contributed by atoms with E-state index < -0.39 is 33.0 Å². The second kappa shape index (κ2) is 5.46. The maximum Gasteiger partial charge on any atom is 0.248 e. The molecule has 0 aromatic carbocycles. The van der Waals surface area contributed by atoms with Crippen LogP contribution in [0.1, 0.15) is 19.3 Å². The summed E-state index contributed by atoms with van der Waals surface area (Å²) in [6, 6.07) is 0. The fourth-order valence-corrected chi connectivity index (χ4v) is 3.49. The molecule has 2 amide bonds. The average molecular weight is 264 g/mol. The average Bonchev–Trinajstić information content (AvgIpc) is 2.24. The van der Waals surface area contributed by atoms with Crippen LogP contribution in [0, 0.1) is 0 Å². The van der Waals surface area contributed by atoms with Crippen molar-refractivity contribution in [3.8, 4) is 0 Å². The number of rotatable bonds is 4. The van der Waals surface area contributed by atoms with Crippen LogP contribution in [-0.2, 0) is 19.4 Å². The number of sulfone groups is 1. The van der Waals surface area contributed by atoms with Gasteiger partial charge in [0.15, 0.2) is 9.84 Å². The molecule has 8 heteroatoms. The predicted molar refractivity (Wildman–Crippen MR) is 59.6 cm³/mol. The Hall–Kier alpha value is -1.15. The summed E-state index contributed by atoms with van der Waals surface area (Å²) in [5, 5.41) is 10.2. The number of aliphatic hydroxyl groups is 1.